The van der Waals surface area contributed by atoms with Crippen LogP contribution in [0.25, 0.3) is 0 Å². The molecule has 1 aliphatic heterocycles. The average Bonchev–Trinajstić information content (AvgIpc) is 2.05. The van der Waals surface area contributed by atoms with Crippen molar-refractivity contribution in [2.24, 2.45) is 0 Å². The van der Waals surface area contributed by atoms with Crippen molar-refractivity contribution < 1.29 is 0 Å². The second-order valence-corrected chi connectivity index (χ2v) is 2.71. The highest BCUT2D eigenvalue weighted by molar-refractivity contribution is 5.39. The molecule has 0 atom stereocenters. The maximum Gasteiger partial charge on any atom is 0.0397 e. The van der Waals surface area contributed by atoms with Crippen molar-refractivity contribution in [3.8, 4) is 0 Å². The standard InChI is InChI=1S/C9H11N/c1-2-4-9-7-10-6-5-8(9)3-1/h2,4-6,10H,1,3,7H2. The third-order valence-electron chi connectivity index (χ3n) is 2.01. The molecule has 0 saturated heterocycles. The Kier molecular flexibility index (Phi) is 1.35. The second-order valence-electron chi connectivity index (χ2n) is 2.71. The molecule has 1 N–H and O–H groups in total. The Hall–Kier alpha value is -0.980. The molecule has 0 saturated carbocycles. The Morgan fingerprint density at radius 3 is 3.10 bits per heavy atom. The zero-order valence-corrected chi connectivity index (χ0v) is 5.93. The third-order valence-corrected chi connectivity index (χ3v) is 2.01. The van der Waals surface area contributed by atoms with Crippen LogP contribution < -0.4 is 5.32 Å². The molecular formula is C9H11N. The monoisotopic (exact) mass is 133 g/mol. The van der Waals surface area contributed by atoms with E-state index in [1.54, 1.807) is 0 Å². The molecule has 0 aromatic heterocycles. The predicted octanol–water partition coefficient (Wildman–Crippen LogP) is 1.75. The Bertz CT molecular complexity index is 197. The lowest BCUT2D eigenvalue weighted by Crippen LogP contribution is -2.15. The van der Waals surface area contributed by atoms with Gasteiger partial charge in [-0.25, -0.2) is 0 Å². The molecule has 0 aromatic carbocycles. The molecule has 0 bridgehead atoms. The van der Waals surface area contributed by atoms with Gasteiger partial charge in [0.2, 0.25) is 0 Å². The fourth-order valence-corrected chi connectivity index (χ4v) is 1.42. The van der Waals surface area contributed by atoms with Crippen LogP contribution in [-0.2, 0) is 0 Å². The van der Waals surface area contributed by atoms with E-state index in [-0.39, 0.29) is 0 Å². The van der Waals surface area contributed by atoms with Crippen molar-refractivity contribution in [2.45, 2.75) is 12.8 Å². The normalized spacial score (nSPS) is 22.4. The van der Waals surface area contributed by atoms with Crippen molar-refractivity contribution in [1.82, 2.24) is 5.32 Å². The van der Waals surface area contributed by atoms with E-state index >= 15 is 0 Å². The summed E-state index contributed by atoms with van der Waals surface area (Å²) in [6.07, 6.45) is 11.1. The first-order chi connectivity index (χ1) is 4.97. The molecule has 10 heavy (non-hydrogen) atoms. The molecule has 0 amide bonds. The molecule has 1 heteroatoms. The number of hydrogen-bond acceptors (Lipinski definition) is 1. The van der Waals surface area contributed by atoms with Crippen LogP contribution in [0.15, 0.2) is 35.6 Å². The van der Waals surface area contributed by atoms with Crippen molar-refractivity contribution >= 4 is 0 Å². The van der Waals surface area contributed by atoms with E-state index in [0.29, 0.717) is 0 Å². The van der Waals surface area contributed by atoms with Crippen molar-refractivity contribution in [3.63, 3.8) is 0 Å². The lowest BCUT2D eigenvalue weighted by atomic mass is 9.96. The van der Waals surface area contributed by atoms with Crippen LogP contribution >= 0.6 is 0 Å². The first-order valence-electron chi connectivity index (χ1n) is 3.75. The molecule has 2 rings (SSSR count). The van der Waals surface area contributed by atoms with Gasteiger partial charge in [0.05, 0.1) is 0 Å². The van der Waals surface area contributed by atoms with Crippen LogP contribution in [0, 0.1) is 0 Å². The van der Waals surface area contributed by atoms with E-state index in [1.807, 2.05) is 6.20 Å². The van der Waals surface area contributed by atoms with Crippen LogP contribution in [0.3, 0.4) is 0 Å². The zero-order valence-electron chi connectivity index (χ0n) is 5.93. The van der Waals surface area contributed by atoms with Crippen molar-refractivity contribution in [2.75, 3.05) is 6.54 Å². The van der Waals surface area contributed by atoms with Crippen molar-refractivity contribution in [3.05, 3.63) is 35.6 Å². The summed E-state index contributed by atoms with van der Waals surface area (Å²) in [4.78, 5) is 0. The summed E-state index contributed by atoms with van der Waals surface area (Å²) >= 11 is 0. The Balaban J connectivity index is 2.32. The minimum atomic E-state index is 1.02. The van der Waals surface area contributed by atoms with Crippen LogP contribution in [0.4, 0.5) is 0 Å². The molecule has 2 aliphatic rings. The Labute approximate surface area is 61.1 Å². The van der Waals surface area contributed by atoms with Gasteiger partial charge >= 0.3 is 0 Å². The number of rotatable bonds is 0. The molecule has 0 unspecified atom stereocenters. The van der Waals surface area contributed by atoms with E-state index in [4.69, 9.17) is 0 Å². The van der Waals surface area contributed by atoms with Gasteiger partial charge in [-0.3, -0.25) is 0 Å². The molecular weight excluding hydrogens is 122 g/mol. The van der Waals surface area contributed by atoms with Gasteiger partial charge in [0.1, 0.15) is 0 Å². The SMILES string of the molecule is C1=CC2=C(C=CNC2)CC1. The van der Waals surface area contributed by atoms with Gasteiger partial charge in [0.15, 0.2) is 0 Å². The smallest absolute Gasteiger partial charge is 0.0397 e. The van der Waals surface area contributed by atoms with E-state index in [2.05, 4.69) is 23.5 Å². The summed E-state index contributed by atoms with van der Waals surface area (Å²) < 4.78 is 0. The lowest BCUT2D eigenvalue weighted by Gasteiger charge is -2.16. The summed E-state index contributed by atoms with van der Waals surface area (Å²) in [6.45, 7) is 1.02. The molecule has 1 nitrogen and oxygen atoms in total. The van der Waals surface area contributed by atoms with Gasteiger partial charge in [-0.15, -0.1) is 0 Å². The maximum absolute atomic E-state index is 3.19. The van der Waals surface area contributed by atoms with Crippen LogP contribution in [0.1, 0.15) is 12.8 Å². The topological polar surface area (TPSA) is 12.0 Å². The highest BCUT2D eigenvalue weighted by Crippen LogP contribution is 2.20. The summed E-state index contributed by atoms with van der Waals surface area (Å²) in [5.41, 5.74) is 2.98. The zero-order chi connectivity index (χ0) is 6.81. The van der Waals surface area contributed by atoms with Crippen LogP contribution in [-0.4, -0.2) is 6.54 Å². The highest BCUT2D eigenvalue weighted by Gasteiger charge is 2.06. The maximum atomic E-state index is 3.19. The van der Waals surface area contributed by atoms with Gasteiger partial charge in [-0.05, 0) is 36.3 Å². The van der Waals surface area contributed by atoms with E-state index < -0.39 is 0 Å². The third kappa shape index (κ3) is 0.878. The van der Waals surface area contributed by atoms with Gasteiger partial charge in [-0.2, -0.15) is 0 Å². The average molecular weight is 133 g/mol. The first kappa shape index (κ1) is 5.78. The molecule has 0 radical (unpaired) electrons. The first-order valence-corrected chi connectivity index (χ1v) is 3.75. The van der Waals surface area contributed by atoms with Gasteiger partial charge in [-0.1, -0.05) is 12.2 Å². The quantitative estimate of drug-likeness (QED) is 0.531. The number of nitrogens with one attached hydrogen (secondary N) is 1. The predicted molar refractivity (Wildman–Crippen MR) is 42.5 cm³/mol. The molecule has 1 aliphatic carbocycles. The van der Waals surface area contributed by atoms with Crippen LogP contribution in [0.2, 0.25) is 0 Å². The fraction of sp³-hybridized carbons (Fsp3) is 0.333. The van der Waals surface area contributed by atoms with E-state index in [1.165, 1.54) is 24.0 Å². The minimum Gasteiger partial charge on any atom is -0.387 e. The number of allylic oxidation sites excluding steroid dienone is 3. The fourth-order valence-electron chi connectivity index (χ4n) is 1.42. The molecule has 0 spiro atoms. The largest absolute Gasteiger partial charge is 0.387 e. The van der Waals surface area contributed by atoms with E-state index in [0.717, 1.165) is 6.54 Å². The molecule has 52 valence electrons. The van der Waals surface area contributed by atoms with Gasteiger partial charge in [0.25, 0.3) is 0 Å². The number of hydrogen-bond donors (Lipinski definition) is 1. The Morgan fingerprint density at radius 2 is 2.20 bits per heavy atom. The molecule has 1 heterocycles. The highest BCUT2D eigenvalue weighted by atomic mass is 14.8. The summed E-state index contributed by atoms with van der Waals surface area (Å²) in [5.74, 6) is 0. The minimum absolute atomic E-state index is 1.02. The lowest BCUT2D eigenvalue weighted by molar-refractivity contribution is 0.866. The van der Waals surface area contributed by atoms with Gasteiger partial charge < -0.3 is 5.32 Å². The van der Waals surface area contributed by atoms with E-state index in [9.17, 15) is 0 Å². The van der Waals surface area contributed by atoms with Crippen molar-refractivity contribution in [1.29, 1.82) is 0 Å². The van der Waals surface area contributed by atoms with Crippen LogP contribution in [0.5, 0.6) is 0 Å². The van der Waals surface area contributed by atoms with Gasteiger partial charge in [0, 0.05) is 6.54 Å². The molecule has 0 aromatic rings. The molecule has 0 fully saturated rings. The summed E-state index contributed by atoms with van der Waals surface area (Å²) in [7, 11) is 0. The Morgan fingerprint density at radius 1 is 1.20 bits per heavy atom. The number of dihydropyridines is 1. The summed E-state index contributed by atoms with van der Waals surface area (Å²) in [6, 6.07) is 0. The second kappa shape index (κ2) is 2.33. The summed E-state index contributed by atoms with van der Waals surface area (Å²) in [5, 5.41) is 3.19.